The summed E-state index contributed by atoms with van der Waals surface area (Å²) in [6, 6.07) is 20.9. The molecule has 30 heavy (non-hydrogen) atoms. The zero-order valence-electron chi connectivity index (χ0n) is 17.5. The molecule has 2 heterocycles. The van der Waals surface area contributed by atoms with Crippen LogP contribution in [-0.4, -0.2) is 33.9 Å². The lowest BCUT2D eigenvalue weighted by Crippen LogP contribution is -2.49. The number of nitrogens with one attached hydrogen (secondary N) is 1. The van der Waals surface area contributed by atoms with E-state index in [9.17, 15) is 9.59 Å². The molecule has 1 aromatic heterocycles. The minimum absolute atomic E-state index is 0.0230. The first-order chi connectivity index (χ1) is 14.5. The van der Waals surface area contributed by atoms with Crippen molar-refractivity contribution in [2.45, 2.75) is 38.5 Å². The molecule has 1 N–H and O–H groups in total. The second-order valence-corrected chi connectivity index (χ2v) is 8.13. The summed E-state index contributed by atoms with van der Waals surface area (Å²) >= 11 is 0. The maximum atomic E-state index is 13.3. The summed E-state index contributed by atoms with van der Waals surface area (Å²) in [6.07, 6.45) is 1.97. The van der Waals surface area contributed by atoms with Crippen molar-refractivity contribution in [1.82, 2.24) is 14.9 Å². The normalized spacial score (nSPS) is 15.7. The lowest BCUT2D eigenvalue weighted by Gasteiger charge is -2.44. The number of carbonyl (C=O) groups is 1. The number of aromatic nitrogens is 2. The van der Waals surface area contributed by atoms with Crippen LogP contribution >= 0.6 is 0 Å². The Balaban J connectivity index is 1.67. The van der Waals surface area contributed by atoms with Gasteiger partial charge >= 0.3 is 0 Å². The van der Waals surface area contributed by atoms with Gasteiger partial charge in [-0.15, -0.1) is 0 Å². The van der Waals surface area contributed by atoms with Crippen LogP contribution in [-0.2, 0) is 16.6 Å². The second-order valence-electron chi connectivity index (χ2n) is 8.13. The molecule has 0 radical (unpaired) electrons. The Kier molecular flexibility index (Phi) is 5.53. The third-order valence-corrected chi connectivity index (χ3v) is 6.17. The van der Waals surface area contributed by atoms with Gasteiger partial charge in [0.25, 0.3) is 5.56 Å². The predicted octanol–water partition coefficient (Wildman–Crippen LogP) is 3.54. The van der Waals surface area contributed by atoms with E-state index in [1.807, 2.05) is 17.0 Å². The van der Waals surface area contributed by atoms with Crippen molar-refractivity contribution in [2.24, 2.45) is 0 Å². The monoisotopic (exact) mass is 401 g/mol. The van der Waals surface area contributed by atoms with E-state index in [0.717, 1.165) is 12.8 Å². The lowest BCUT2D eigenvalue weighted by molar-refractivity contribution is -0.132. The number of H-pyrrole nitrogens is 1. The fraction of sp³-hybridized carbons (Fsp3) is 0.320. The van der Waals surface area contributed by atoms with Gasteiger partial charge in [0.1, 0.15) is 5.82 Å². The number of aryl methyl sites for hydroxylation is 2. The second kappa shape index (κ2) is 8.27. The number of amides is 1. The standard InChI is InChI=1S/C25H27N3O2/c1-18-22(24(30)27-19(2)26-18)16-23(29)28-15-9-14-25(17-28,20-10-5-3-6-11-20)21-12-7-4-8-13-21/h3-8,10-13H,9,14-17H2,1-2H3,(H,26,27,30). The van der Waals surface area contributed by atoms with Crippen LogP contribution in [0.25, 0.3) is 0 Å². The summed E-state index contributed by atoms with van der Waals surface area (Å²) in [5, 5.41) is 0. The minimum atomic E-state index is -0.247. The van der Waals surface area contributed by atoms with Crippen molar-refractivity contribution in [2.75, 3.05) is 13.1 Å². The average Bonchev–Trinajstić information content (AvgIpc) is 2.77. The van der Waals surface area contributed by atoms with Gasteiger partial charge in [0, 0.05) is 29.8 Å². The molecule has 3 aromatic rings. The summed E-state index contributed by atoms with van der Waals surface area (Å²) < 4.78 is 0. The van der Waals surface area contributed by atoms with E-state index in [4.69, 9.17) is 0 Å². The first-order valence-electron chi connectivity index (χ1n) is 10.4. The zero-order valence-corrected chi connectivity index (χ0v) is 17.5. The van der Waals surface area contributed by atoms with Crippen molar-refractivity contribution in [1.29, 1.82) is 0 Å². The number of piperidine rings is 1. The summed E-state index contributed by atoms with van der Waals surface area (Å²) in [5.41, 5.74) is 3.06. The fourth-order valence-corrected chi connectivity index (χ4v) is 4.64. The van der Waals surface area contributed by atoms with E-state index >= 15 is 0 Å². The van der Waals surface area contributed by atoms with Gasteiger partial charge in [-0.3, -0.25) is 9.59 Å². The Labute approximate surface area is 176 Å². The maximum absolute atomic E-state index is 13.3. The van der Waals surface area contributed by atoms with Crippen LogP contribution in [0, 0.1) is 13.8 Å². The minimum Gasteiger partial charge on any atom is -0.341 e. The summed E-state index contributed by atoms with van der Waals surface area (Å²) in [6.45, 7) is 4.85. The van der Waals surface area contributed by atoms with Gasteiger partial charge in [-0.1, -0.05) is 60.7 Å². The quantitative estimate of drug-likeness (QED) is 0.727. The number of nitrogens with zero attached hydrogens (tertiary/aromatic N) is 2. The number of aromatic amines is 1. The Morgan fingerprint density at radius 3 is 2.20 bits per heavy atom. The highest BCUT2D eigenvalue weighted by atomic mass is 16.2. The molecule has 0 saturated carbocycles. The molecule has 1 fully saturated rings. The zero-order chi connectivity index (χ0) is 21.1. The molecular formula is C25H27N3O2. The van der Waals surface area contributed by atoms with E-state index in [0.29, 0.717) is 30.2 Å². The largest absolute Gasteiger partial charge is 0.341 e. The third-order valence-electron chi connectivity index (χ3n) is 6.17. The first-order valence-corrected chi connectivity index (χ1v) is 10.4. The van der Waals surface area contributed by atoms with Crippen LogP contribution in [0.2, 0.25) is 0 Å². The smallest absolute Gasteiger partial charge is 0.254 e. The Morgan fingerprint density at radius 1 is 1.03 bits per heavy atom. The highest BCUT2D eigenvalue weighted by Crippen LogP contribution is 2.40. The van der Waals surface area contributed by atoms with E-state index in [2.05, 4.69) is 58.5 Å². The van der Waals surface area contributed by atoms with Crippen molar-refractivity contribution in [3.05, 3.63) is 99.2 Å². The molecule has 2 aromatic carbocycles. The molecule has 0 bridgehead atoms. The van der Waals surface area contributed by atoms with E-state index < -0.39 is 0 Å². The number of likely N-dealkylation sites (tertiary alicyclic amines) is 1. The fourth-order valence-electron chi connectivity index (χ4n) is 4.64. The Hall–Kier alpha value is -3.21. The number of hydrogen-bond donors (Lipinski definition) is 1. The van der Waals surface area contributed by atoms with Crippen LogP contribution < -0.4 is 5.56 Å². The van der Waals surface area contributed by atoms with Crippen molar-refractivity contribution in [3.63, 3.8) is 0 Å². The van der Waals surface area contributed by atoms with Crippen LogP contribution in [0.15, 0.2) is 65.5 Å². The summed E-state index contributed by atoms with van der Waals surface area (Å²) in [5.74, 6) is 0.545. The lowest BCUT2D eigenvalue weighted by atomic mass is 9.69. The molecule has 0 aliphatic carbocycles. The predicted molar refractivity (Wildman–Crippen MR) is 118 cm³/mol. The van der Waals surface area contributed by atoms with Gasteiger partial charge in [0.2, 0.25) is 5.91 Å². The van der Waals surface area contributed by atoms with Gasteiger partial charge in [-0.05, 0) is 37.8 Å². The van der Waals surface area contributed by atoms with Crippen molar-refractivity contribution >= 4 is 5.91 Å². The summed E-state index contributed by atoms with van der Waals surface area (Å²) in [4.78, 5) is 34.6. The maximum Gasteiger partial charge on any atom is 0.254 e. The van der Waals surface area contributed by atoms with Crippen LogP contribution in [0.4, 0.5) is 0 Å². The molecule has 0 spiro atoms. The van der Waals surface area contributed by atoms with E-state index in [1.165, 1.54) is 11.1 Å². The molecule has 5 heteroatoms. The van der Waals surface area contributed by atoms with Crippen LogP contribution in [0.5, 0.6) is 0 Å². The van der Waals surface area contributed by atoms with Crippen LogP contribution in [0.1, 0.15) is 41.1 Å². The summed E-state index contributed by atoms with van der Waals surface area (Å²) in [7, 11) is 0. The molecule has 1 aliphatic rings. The molecule has 5 nitrogen and oxygen atoms in total. The molecule has 4 rings (SSSR count). The van der Waals surface area contributed by atoms with Gasteiger partial charge in [-0.2, -0.15) is 0 Å². The first kappa shape index (κ1) is 20.1. The molecule has 1 saturated heterocycles. The number of carbonyl (C=O) groups excluding carboxylic acids is 1. The number of rotatable bonds is 4. The van der Waals surface area contributed by atoms with E-state index in [1.54, 1.807) is 13.8 Å². The SMILES string of the molecule is Cc1nc(C)c(CC(=O)N2CCCC(c3ccccc3)(c3ccccc3)C2)c(=O)[nH]1. The molecular weight excluding hydrogens is 374 g/mol. The molecule has 1 aliphatic heterocycles. The van der Waals surface area contributed by atoms with Gasteiger partial charge < -0.3 is 9.88 Å². The average molecular weight is 402 g/mol. The highest BCUT2D eigenvalue weighted by molar-refractivity contribution is 5.79. The molecule has 1 amide bonds. The third kappa shape index (κ3) is 3.80. The van der Waals surface area contributed by atoms with Gasteiger partial charge in [0.15, 0.2) is 0 Å². The number of hydrogen-bond acceptors (Lipinski definition) is 3. The Morgan fingerprint density at radius 2 is 1.63 bits per heavy atom. The highest BCUT2D eigenvalue weighted by Gasteiger charge is 2.40. The van der Waals surface area contributed by atoms with Crippen LogP contribution in [0.3, 0.4) is 0 Å². The van der Waals surface area contributed by atoms with Gasteiger partial charge in [0.05, 0.1) is 6.42 Å². The van der Waals surface area contributed by atoms with Crippen molar-refractivity contribution < 1.29 is 4.79 Å². The molecule has 0 atom stereocenters. The van der Waals surface area contributed by atoms with Crippen molar-refractivity contribution in [3.8, 4) is 0 Å². The van der Waals surface area contributed by atoms with Gasteiger partial charge in [-0.25, -0.2) is 4.98 Å². The molecule has 0 unspecified atom stereocenters. The molecule has 154 valence electrons. The Bertz CT molecular complexity index is 1050. The topological polar surface area (TPSA) is 66.1 Å². The number of benzene rings is 2. The van der Waals surface area contributed by atoms with E-state index in [-0.39, 0.29) is 23.3 Å².